The number of nitrogens with zero attached hydrogens (tertiary/aromatic N) is 2. The third kappa shape index (κ3) is 7.89. The lowest BCUT2D eigenvalue weighted by Crippen LogP contribution is -2.35. The number of aromatic nitrogens is 2. The molecule has 254 valence electrons. The normalized spacial score (nSPS) is 12.8. The third-order valence-corrected chi connectivity index (χ3v) is 10.0. The lowest BCUT2D eigenvalue weighted by molar-refractivity contribution is -0.125. The molecule has 2 atom stereocenters. The van der Waals surface area contributed by atoms with Crippen molar-refractivity contribution in [3.05, 3.63) is 113 Å². The summed E-state index contributed by atoms with van der Waals surface area (Å²) in [5, 5.41) is 8.46. The van der Waals surface area contributed by atoms with Crippen LogP contribution >= 0.6 is 0 Å². The maximum absolute atomic E-state index is 13.4. The van der Waals surface area contributed by atoms with Crippen molar-refractivity contribution in [2.45, 2.75) is 64.6 Å². The van der Waals surface area contributed by atoms with Gasteiger partial charge in [0.15, 0.2) is 9.84 Å². The number of carbonyl (C=O) groups is 3. The van der Waals surface area contributed by atoms with E-state index in [2.05, 4.69) is 51.7 Å². The van der Waals surface area contributed by atoms with E-state index in [9.17, 15) is 22.8 Å². The zero-order valence-corrected chi connectivity index (χ0v) is 29.3. The molecule has 1 unspecified atom stereocenters. The summed E-state index contributed by atoms with van der Waals surface area (Å²) in [6, 6.07) is 25.9. The molecule has 0 aliphatic heterocycles. The van der Waals surface area contributed by atoms with Gasteiger partial charge in [-0.2, -0.15) is 0 Å². The second kappa shape index (κ2) is 14.4. The topological polar surface area (TPSA) is 139 Å². The molecule has 0 fully saturated rings. The zero-order valence-electron chi connectivity index (χ0n) is 28.4. The smallest absolute Gasteiger partial charge is 0.251 e. The van der Waals surface area contributed by atoms with Crippen LogP contribution in [0.2, 0.25) is 0 Å². The fraction of sp³-hybridized carbons (Fsp3) is 0.263. The predicted octanol–water partition coefficient (Wildman–Crippen LogP) is 6.37. The average molecular weight is 680 g/mol. The van der Waals surface area contributed by atoms with Gasteiger partial charge in [-0.05, 0) is 93.4 Å². The molecule has 0 bridgehead atoms. The fourth-order valence-electron chi connectivity index (χ4n) is 5.63. The lowest BCUT2D eigenvalue weighted by Gasteiger charge is -2.20. The van der Waals surface area contributed by atoms with Gasteiger partial charge < -0.3 is 20.5 Å². The van der Waals surface area contributed by atoms with Crippen LogP contribution in [-0.4, -0.2) is 47.5 Å². The molecule has 0 radical (unpaired) electrons. The van der Waals surface area contributed by atoms with E-state index in [0.717, 1.165) is 22.2 Å². The Hall–Kier alpha value is -5.29. The van der Waals surface area contributed by atoms with Gasteiger partial charge in [-0.1, -0.05) is 48.9 Å². The first-order valence-electron chi connectivity index (χ1n) is 16.2. The Morgan fingerprint density at radius 2 is 1.45 bits per heavy atom. The quantitative estimate of drug-likeness (QED) is 0.148. The van der Waals surface area contributed by atoms with E-state index in [4.69, 9.17) is 4.98 Å². The Balaban J connectivity index is 1.47. The van der Waals surface area contributed by atoms with E-state index in [1.165, 1.54) is 31.2 Å². The van der Waals surface area contributed by atoms with Gasteiger partial charge in [0, 0.05) is 29.8 Å². The van der Waals surface area contributed by atoms with Crippen molar-refractivity contribution in [1.29, 1.82) is 0 Å². The van der Waals surface area contributed by atoms with Crippen LogP contribution < -0.4 is 16.0 Å². The van der Waals surface area contributed by atoms with Crippen molar-refractivity contribution in [2.75, 3.05) is 11.1 Å². The predicted molar refractivity (Wildman–Crippen MR) is 192 cm³/mol. The third-order valence-electron chi connectivity index (χ3n) is 8.29. The number of anilines is 1. The summed E-state index contributed by atoms with van der Waals surface area (Å²) in [6.07, 6.45) is 0. The molecule has 4 aromatic carbocycles. The van der Waals surface area contributed by atoms with E-state index in [1.807, 2.05) is 45.0 Å². The summed E-state index contributed by atoms with van der Waals surface area (Å²) in [4.78, 5) is 43.4. The number of fused-ring (bicyclic) bond motifs is 1. The van der Waals surface area contributed by atoms with Crippen LogP contribution in [0.25, 0.3) is 22.4 Å². The molecule has 10 nitrogen and oxygen atoms in total. The van der Waals surface area contributed by atoms with Crippen LogP contribution in [-0.2, 0) is 19.4 Å². The van der Waals surface area contributed by atoms with E-state index in [0.29, 0.717) is 28.2 Å². The van der Waals surface area contributed by atoms with Gasteiger partial charge in [0.2, 0.25) is 5.91 Å². The van der Waals surface area contributed by atoms with Gasteiger partial charge in [-0.25, -0.2) is 13.4 Å². The Bertz CT molecular complexity index is 2100. The number of aryl methyl sites for hydroxylation is 1. The first-order valence-corrected chi connectivity index (χ1v) is 17.8. The van der Waals surface area contributed by atoms with Gasteiger partial charge in [-0.3, -0.25) is 14.4 Å². The molecule has 0 aliphatic rings. The average Bonchev–Trinajstić information content (AvgIpc) is 3.46. The van der Waals surface area contributed by atoms with Crippen LogP contribution in [0.15, 0.2) is 95.9 Å². The molecule has 1 heterocycles. The first kappa shape index (κ1) is 35.0. The van der Waals surface area contributed by atoms with Crippen LogP contribution in [0.1, 0.15) is 73.8 Å². The number of nitrogens with one attached hydrogen (secondary N) is 3. The molecule has 0 spiro atoms. The Labute approximate surface area is 286 Å². The van der Waals surface area contributed by atoms with Crippen molar-refractivity contribution < 1.29 is 22.8 Å². The maximum Gasteiger partial charge on any atom is 0.251 e. The van der Waals surface area contributed by atoms with Crippen LogP contribution in [0.5, 0.6) is 0 Å². The van der Waals surface area contributed by atoms with Gasteiger partial charge >= 0.3 is 0 Å². The fourth-order valence-corrected chi connectivity index (χ4v) is 6.51. The van der Waals surface area contributed by atoms with Gasteiger partial charge in [0.25, 0.3) is 11.8 Å². The number of hydrogen-bond acceptors (Lipinski definition) is 6. The monoisotopic (exact) mass is 679 g/mol. The Kier molecular flexibility index (Phi) is 10.3. The molecule has 0 aliphatic carbocycles. The highest BCUT2D eigenvalue weighted by Crippen LogP contribution is 2.33. The van der Waals surface area contributed by atoms with Gasteiger partial charge in [-0.15, -0.1) is 0 Å². The minimum Gasteiger partial charge on any atom is -0.350 e. The van der Waals surface area contributed by atoms with Crippen LogP contribution in [0, 0.1) is 6.92 Å². The highest BCUT2D eigenvalue weighted by molar-refractivity contribution is 7.91. The van der Waals surface area contributed by atoms with Crippen LogP contribution in [0.3, 0.4) is 0 Å². The van der Waals surface area contributed by atoms with E-state index in [-0.39, 0.29) is 28.6 Å². The molecular formula is C38H41N5O5S. The van der Waals surface area contributed by atoms with Crippen molar-refractivity contribution in [3.8, 4) is 11.4 Å². The van der Waals surface area contributed by atoms with Crippen molar-refractivity contribution in [3.63, 3.8) is 0 Å². The molecule has 3 amide bonds. The summed E-state index contributed by atoms with van der Waals surface area (Å²) >= 11 is 0. The summed E-state index contributed by atoms with van der Waals surface area (Å²) < 4.78 is 26.7. The second-order valence-electron chi connectivity index (χ2n) is 12.4. The molecule has 0 saturated carbocycles. The molecule has 49 heavy (non-hydrogen) atoms. The number of imidazole rings is 1. The summed E-state index contributed by atoms with van der Waals surface area (Å²) in [6.45, 7) is 10.9. The Morgan fingerprint density at radius 1 is 0.816 bits per heavy atom. The molecule has 5 aromatic rings. The molecule has 11 heteroatoms. The van der Waals surface area contributed by atoms with E-state index < -0.39 is 27.7 Å². The Morgan fingerprint density at radius 3 is 2.04 bits per heavy atom. The maximum atomic E-state index is 13.4. The number of sulfone groups is 1. The molecular weight excluding hydrogens is 639 g/mol. The highest BCUT2D eigenvalue weighted by Gasteiger charge is 2.24. The van der Waals surface area contributed by atoms with E-state index >= 15 is 0 Å². The number of amides is 3. The lowest BCUT2D eigenvalue weighted by atomic mass is 10.0. The minimum absolute atomic E-state index is 0.00411. The standard InChI is InChI=1S/C38H41N5O5S/c1-7-49(47,48)32-19-14-28(15-20-32)35(40-26(6)44)38(46)41-31-17-12-29(13-18-31)36-42-33-22-30(37(45)39-23(2)3)16-21-34(33)43(36)25(5)27-10-8-24(4)9-11-27/h8-23,25,35H,7H2,1-6H3,(H,39,45)(H,40,44)(H,41,46)/t25-,35?/m0/s1. The molecule has 0 saturated heterocycles. The SMILES string of the molecule is CCS(=O)(=O)c1ccc(C(NC(C)=O)C(=O)Nc2ccc(-c3nc4cc(C(=O)NC(C)C)ccc4n3[C@@H](C)c3ccc(C)cc3)cc2)cc1. The number of rotatable bonds is 11. The molecule has 3 N–H and O–H groups in total. The van der Waals surface area contributed by atoms with Crippen molar-refractivity contribution in [2.24, 2.45) is 0 Å². The highest BCUT2D eigenvalue weighted by atomic mass is 32.2. The molecule has 5 rings (SSSR count). The van der Waals surface area contributed by atoms with Crippen molar-refractivity contribution >= 4 is 44.3 Å². The van der Waals surface area contributed by atoms with E-state index in [1.54, 1.807) is 25.1 Å². The summed E-state index contributed by atoms with van der Waals surface area (Å²) in [5.74, 6) is -0.413. The largest absolute Gasteiger partial charge is 0.350 e. The second-order valence-corrected chi connectivity index (χ2v) is 14.7. The van der Waals surface area contributed by atoms with Gasteiger partial charge in [0.1, 0.15) is 11.9 Å². The molecule has 1 aromatic heterocycles. The summed E-state index contributed by atoms with van der Waals surface area (Å²) in [7, 11) is -3.42. The number of carbonyl (C=O) groups excluding carboxylic acids is 3. The van der Waals surface area contributed by atoms with Crippen LogP contribution in [0.4, 0.5) is 5.69 Å². The number of hydrogen-bond donors (Lipinski definition) is 3. The van der Waals surface area contributed by atoms with Crippen molar-refractivity contribution in [1.82, 2.24) is 20.2 Å². The minimum atomic E-state index is -3.42. The first-order chi connectivity index (χ1) is 23.3. The number of benzene rings is 4. The summed E-state index contributed by atoms with van der Waals surface area (Å²) in [5.41, 5.74) is 6.07. The zero-order chi connectivity index (χ0) is 35.5. The van der Waals surface area contributed by atoms with Gasteiger partial charge in [0.05, 0.1) is 27.7 Å².